The van der Waals surface area contributed by atoms with Gasteiger partial charge in [-0.15, -0.1) is 0 Å². The summed E-state index contributed by atoms with van der Waals surface area (Å²) in [4.78, 5) is 23.4. The molecule has 24 heavy (non-hydrogen) atoms. The molecule has 3 rings (SSSR count). The van der Waals surface area contributed by atoms with E-state index in [1.54, 1.807) is 12.4 Å². The van der Waals surface area contributed by atoms with Gasteiger partial charge in [-0.3, -0.25) is 19.7 Å². The lowest BCUT2D eigenvalue weighted by atomic mass is 10.1. The molecule has 0 radical (unpaired) electrons. The average Bonchev–Trinajstić information content (AvgIpc) is 3.08. The molecule has 5 nitrogen and oxygen atoms in total. The quantitative estimate of drug-likeness (QED) is 0.915. The number of hydrogen-bond donors (Lipinski definition) is 1. The fraction of sp³-hybridized carbons (Fsp3) is 0.421. The molecule has 2 aromatic rings. The van der Waals surface area contributed by atoms with E-state index in [-0.39, 0.29) is 5.91 Å². The lowest BCUT2D eigenvalue weighted by molar-refractivity contribution is 0.102. The third kappa shape index (κ3) is 4.17. The predicted octanol–water partition coefficient (Wildman–Crippen LogP) is 3.45. The first kappa shape index (κ1) is 16.6. The maximum atomic E-state index is 12.4. The van der Waals surface area contributed by atoms with E-state index in [2.05, 4.69) is 34.0 Å². The first-order valence-electron chi connectivity index (χ1n) is 8.55. The van der Waals surface area contributed by atoms with E-state index < -0.39 is 0 Å². The normalized spacial score (nSPS) is 15.0. The van der Waals surface area contributed by atoms with Crippen molar-refractivity contribution in [3.63, 3.8) is 0 Å². The summed E-state index contributed by atoms with van der Waals surface area (Å²) in [5.74, 6) is 0.221. The third-order valence-electron chi connectivity index (χ3n) is 4.36. The van der Waals surface area contributed by atoms with Crippen molar-refractivity contribution < 1.29 is 4.79 Å². The van der Waals surface area contributed by atoms with Crippen molar-refractivity contribution in [2.45, 2.75) is 39.2 Å². The number of pyridine rings is 2. The number of nitrogens with zero attached hydrogens (tertiary/aromatic N) is 3. The van der Waals surface area contributed by atoms with Crippen LogP contribution < -0.4 is 5.32 Å². The molecule has 0 unspecified atom stereocenters. The van der Waals surface area contributed by atoms with Crippen molar-refractivity contribution in [3.05, 3.63) is 53.6 Å². The number of rotatable bonds is 5. The lowest BCUT2D eigenvalue weighted by Gasteiger charge is -2.14. The number of hydrogen-bond acceptors (Lipinski definition) is 4. The van der Waals surface area contributed by atoms with Crippen LogP contribution in [0.15, 0.2) is 36.8 Å². The Labute approximate surface area is 143 Å². The highest BCUT2D eigenvalue weighted by atomic mass is 16.1. The fourth-order valence-corrected chi connectivity index (χ4v) is 2.87. The van der Waals surface area contributed by atoms with Gasteiger partial charge >= 0.3 is 0 Å². The van der Waals surface area contributed by atoms with Gasteiger partial charge in [-0.25, -0.2) is 0 Å². The number of amides is 1. The van der Waals surface area contributed by atoms with E-state index in [1.807, 2.05) is 24.4 Å². The van der Waals surface area contributed by atoms with Gasteiger partial charge in [0.05, 0.1) is 23.1 Å². The Balaban J connectivity index is 1.63. The summed E-state index contributed by atoms with van der Waals surface area (Å²) >= 11 is 0. The molecule has 0 saturated carbocycles. The van der Waals surface area contributed by atoms with Gasteiger partial charge in [0.25, 0.3) is 5.91 Å². The minimum Gasteiger partial charge on any atom is -0.321 e. The summed E-state index contributed by atoms with van der Waals surface area (Å²) in [5.41, 5.74) is 3.39. The first-order chi connectivity index (χ1) is 11.6. The second kappa shape index (κ2) is 7.53. The number of carbonyl (C=O) groups is 1. The van der Waals surface area contributed by atoms with Crippen molar-refractivity contribution in [3.8, 4) is 0 Å². The Bertz CT molecular complexity index is 691. The molecule has 0 spiro atoms. The molecule has 0 atom stereocenters. The van der Waals surface area contributed by atoms with Crippen LogP contribution >= 0.6 is 0 Å². The molecule has 0 aromatic carbocycles. The fourth-order valence-electron chi connectivity index (χ4n) is 2.87. The van der Waals surface area contributed by atoms with E-state index in [9.17, 15) is 4.79 Å². The Hall–Kier alpha value is -2.27. The van der Waals surface area contributed by atoms with Crippen LogP contribution in [0, 0.1) is 0 Å². The molecule has 1 amide bonds. The van der Waals surface area contributed by atoms with Crippen LogP contribution in [-0.2, 0) is 6.54 Å². The lowest BCUT2D eigenvalue weighted by Crippen LogP contribution is -2.19. The molecule has 0 aliphatic carbocycles. The zero-order valence-corrected chi connectivity index (χ0v) is 14.3. The molecule has 1 N–H and O–H groups in total. The SMILES string of the molecule is CC(C)c1cncc(NC(=O)c2ccc(CN3CCCC3)nc2)c1. The zero-order chi connectivity index (χ0) is 16.9. The molecule has 3 heterocycles. The van der Waals surface area contributed by atoms with E-state index in [4.69, 9.17) is 0 Å². The van der Waals surface area contributed by atoms with Gasteiger partial charge in [-0.1, -0.05) is 13.8 Å². The largest absolute Gasteiger partial charge is 0.321 e. The third-order valence-corrected chi connectivity index (χ3v) is 4.36. The molecular formula is C19H24N4O. The van der Waals surface area contributed by atoms with Crippen molar-refractivity contribution in [2.75, 3.05) is 18.4 Å². The molecule has 1 aliphatic heterocycles. The zero-order valence-electron chi connectivity index (χ0n) is 14.3. The topological polar surface area (TPSA) is 58.1 Å². The number of likely N-dealkylation sites (tertiary alicyclic amines) is 1. The van der Waals surface area contributed by atoms with Gasteiger partial charge in [-0.2, -0.15) is 0 Å². The van der Waals surface area contributed by atoms with Crippen molar-refractivity contribution in [2.24, 2.45) is 0 Å². The van der Waals surface area contributed by atoms with Crippen LogP contribution in [0.25, 0.3) is 0 Å². The number of nitrogens with one attached hydrogen (secondary N) is 1. The summed E-state index contributed by atoms with van der Waals surface area (Å²) < 4.78 is 0. The minimum atomic E-state index is -0.155. The van der Waals surface area contributed by atoms with Gasteiger partial charge in [0.2, 0.25) is 0 Å². The predicted molar refractivity (Wildman–Crippen MR) is 95.0 cm³/mol. The van der Waals surface area contributed by atoms with E-state index in [0.29, 0.717) is 17.2 Å². The highest BCUT2D eigenvalue weighted by Crippen LogP contribution is 2.18. The summed E-state index contributed by atoms with van der Waals surface area (Å²) in [5, 5.41) is 2.89. The van der Waals surface area contributed by atoms with Crippen molar-refractivity contribution in [1.29, 1.82) is 0 Å². The number of anilines is 1. The average molecular weight is 324 g/mol. The summed E-state index contributed by atoms with van der Waals surface area (Å²) in [7, 11) is 0. The number of carbonyl (C=O) groups excluding carboxylic acids is 1. The highest BCUT2D eigenvalue weighted by molar-refractivity contribution is 6.03. The van der Waals surface area contributed by atoms with Crippen LogP contribution in [0.2, 0.25) is 0 Å². The van der Waals surface area contributed by atoms with Crippen LogP contribution in [0.4, 0.5) is 5.69 Å². The molecule has 1 aliphatic rings. The Morgan fingerprint density at radius 3 is 2.67 bits per heavy atom. The Morgan fingerprint density at radius 2 is 2.00 bits per heavy atom. The molecular weight excluding hydrogens is 300 g/mol. The second-order valence-electron chi connectivity index (χ2n) is 6.64. The second-order valence-corrected chi connectivity index (χ2v) is 6.64. The minimum absolute atomic E-state index is 0.155. The van der Waals surface area contributed by atoms with Crippen LogP contribution in [0.1, 0.15) is 54.2 Å². The van der Waals surface area contributed by atoms with E-state index in [1.165, 1.54) is 12.8 Å². The van der Waals surface area contributed by atoms with Gasteiger partial charge in [0.15, 0.2) is 0 Å². The van der Waals surface area contributed by atoms with Crippen LogP contribution in [-0.4, -0.2) is 33.9 Å². The van der Waals surface area contributed by atoms with Gasteiger partial charge in [0.1, 0.15) is 0 Å². The standard InChI is InChI=1S/C19H24N4O/c1-14(2)16-9-18(12-20-10-16)22-19(24)15-5-6-17(21-11-15)13-23-7-3-4-8-23/h5-6,9-12,14H,3-4,7-8,13H2,1-2H3,(H,22,24). The van der Waals surface area contributed by atoms with Gasteiger partial charge < -0.3 is 5.32 Å². The monoisotopic (exact) mass is 324 g/mol. The molecule has 126 valence electrons. The summed E-state index contributed by atoms with van der Waals surface area (Å²) in [6, 6.07) is 5.74. The van der Waals surface area contributed by atoms with Crippen LogP contribution in [0.5, 0.6) is 0 Å². The Kier molecular flexibility index (Phi) is 5.20. The van der Waals surface area contributed by atoms with Crippen molar-refractivity contribution in [1.82, 2.24) is 14.9 Å². The van der Waals surface area contributed by atoms with Gasteiger partial charge in [0, 0.05) is 18.9 Å². The first-order valence-corrected chi connectivity index (χ1v) is 8.55. The number of aromatic nitrogens is 2. The Morgan fingerprint density at radius 1 is 1.21 bits per heavy atom. The summed E-state index contributed by atoms with van der Waals surface area (Å²) in [6.45, 7) is 7.35. The highest BCUT2D eigenvalue weighted by Gasteiger charge is 2.13. The smallest absolute Gasteiger partial charge is 0.257 e. The summed E-state index contributed by atoms with van der Waals surface area (Å²) in [6.07, 6.45) is 7.68. The van der Waals surface area contributed by atoms with Crippen molar-refractivity contribution >= 4 is 11.6 Å². The molecule has 1 fully saturated rings. The molecule has 2 aromatic heterocycles. The molecule has 1 saturated heterocycles. The molecule has 0 bridgehead atoms. The molecule has 5 heteroatoms. The maximum absolute atomic E-state index is 12.4. The maximum Gasteiger partial charge on any atom is 0.257 e. The van der Waals surface area contributed by atoms with E-state index in [0.717, 1.165) is 30.9 Å². The van der Waals surface area contributed by atoms with Crippen LogP contribution in [0.3, 0.4) is 0 Å². The van der Waals surface area contributed by atoms with E-state index >= 15 is 0 Å². The van der Waals surface area contributed by atoms with Gasteiger partial charge in [-0.05, 0) is 55.6 Å².